The average molecular weight is 417 g/mol. The molecule has 1 aliphatic rings. The lowest BCUT2D eigenvalue weighted by atomic mass is 9.99. The first-order valence-corrected chi connectivity index (χ1v) is 9.63. The number of rotatable bonds is 7. The Bertz CT molecular complexity index is 1150. The lowest BCUT2D eigenvalue weighted by molar-refractivity contribution is -0.137. The molecule has 0 aliphatic heterocycles. The standard InChI is InChI=1S/C23H19N3O5/c27-20(28)12-23(26-21(29)18-10-19(22(30)31)25-13-24-18)11-17(23)16-8-6-15(7-9-16)14-4-2-1-3-5-14/h1-10,13,17H,11-12H2,(H,26,29)(H,27,28)(H,30,31)/t17-,23?/m0/s1. The van der Waals surface area contributed by atoms with Crippen molar-refractivity contribution >= 4 is 17.8 Å². The van der Waals surface area contributed by atoms with Gasteiger partial charge in [-0.15, -0.1) is 0 Å². The number of aromatic carboxylic acids is 1. The highest BCUT2D eigenvalue weighted by Gasteiger charge is 2.57. The van der Waals surface area contributed by atoms with Crippen molar-refractivity contribution < 1.29 is 24.6 Å². The van der Waals surface area contributed by atoms with E-state index in [-0.39, 0.29) is 23.7 Å². The minimum Gasteiger partial charge on any atom is -0.481 e. The van der Waals surface area contributed by atoms with Gasteiger partial charge in [-0.2, -0.15) is 0 Å². The van der Waals surface area contributed by atoms with Gasteiger partial charge < -0.3 is 15.5 Å². The van der Waals surface area contributed by atoms with Gasteiger partial charge in [0.25, 0.3) is 5.91 Å². The van der Waals surface area contributed by atoms with Crippen LogP contribution in [0.2, 0.25) is 0 Å². The minimum absolute atomic E-state index is 0.123. The highest BCUT2D eigenvalue weighted by Crippen LogP contribution is 2.54. The van der Waals surface area contributed by atoms with Crippen LogP contribution in [0.25, 0.3) is 11.1 Å². The number of carboxylic acid groups (broad SMARTS) is 2. The number of hydrogen-bond donors (Lipinski definition) is 3. The van der Waals surface area contributed by atoms with Crippen LogP contribution in [0.1, 0.15) is 45.3 Å². The second-order valence-electron chi connectivity index (χ2n) is 7.52. The fraction of sp³-hybridized carbons (Fsp3) is 0.174. The smallest absolute Gasteiger partial charge is 0.354 e. The van der Waals surface area contributed by atoms with E-state index in [0.717, 1.165) is 29.1 Å². The number of nitrogens with one attached hydrogen (secondary N) is 1. The van der Waals surface area contributed by atoms with Gasteiger partial charge in [0.05, 0.1) is 12.0 Å². The summed E-state index contributed by atoms with van der Waals surface area (Å²) in [6.07, 6.45) is 1.21. The molecule has 1 amide bonds. The number of benzene rings is 2. The average Bonchev–Trinajstić information content (AvgIpc) is 3.46. The molecule has 31 heavy (non-hydrogen) atoms. The summed E-state index contributed by atoms with van der Waals surface area (Å²) in [5.74, 6) is -3.11. The molecule has 8 nitrogen and oxygen atoms in total. The summed E-state index contributed by atoms with van der Waals surface area (Å²) in [6, 6.07) is 18.8. The molecule has 156 valence electrons. The fourth-order valence-electron chi connectivity index (χ4n) is 3.82. The molecule has 4 rings (SSSR count). The first-order valence-electron chi connectivity index (χ1n) is 9.63. The number of aromatic nitrogens is 2. The summed E-state index contributed by atoms with van der Waals surface area (Å²) in [6.45, 7) is 0. The molecule has 2 aromatic carbocycles. The Hall–Kier alpha value is -4.07. The van der Waals surface area contributed by atoms with Gasteiger partial charge in [0.2, 0.25) is 0 Å². The zero-order chi connectivity index (χ0) is 22.0. The maximum atomic E-state index is 12.7. The Kier molecular flexibility index (Phi) is 5.21. The van der Waals surface area contributed by atoms with E-state index in [1.165, 1.54) is 0 Å². The molecule has 0 radical (unpaired) electrons. The van der Waals surface area contributed by atoms with Gasteiger partial charge in [0, 0.05) is 12.0 Å². The quantitative estimate of drug-likeness (QED) is 0.539. The van der Waals surface area contributed by atoms with Crippen LogP contribution < -0.4 is 5.32 Å². The highest BCUT2D eigenvalue weighted by atomic mass is 16.4. The topological polar surface area (TPSA) is 129 Å². The lowest BCUT2D eigenvalue weighted by Gasteiger charge is -2.18. The van der Waals surface area contributed by atoms with Crippen molar-refractivity contribution in [3.05, 3.63) is 83.9 Å². The second-order valence-corrected chi connectivity index (χ2v) is 7.52. The van der Waals surface area contributed by atoms with Gasteiger partial charge in [-0.05, 0) is 23.1 Å². The fourth-order valence-corrected chi connectivity index (χ4v) is 3.82. The van der Waals surface area contributed by atoms with Crippen molar-refractivity contribution in [3.63, 3.8) is 0 Å². The normalized spacial score (nSPS) is 19.4. The summed E-state index contributed by atoms with van der Waals surface area (Å²) >= 11 is 0. The maximum Gasteiger partial charge on any atom is 0.354 e. The van der Waals surface area contributed by atoms with E-state index in [0.29, 0.717) is 6.42 Å². The molecule has 0 spiro atoms. The van der Waals surface area contributed by atoms with Crippen LogP contribution in [-0.4, -0.2) is 43.6 Å². The second kappa shape index (κ2) is 7.98. The summed E-state index contributed by atoms with van der Waals surface area (Å²) in [5.41, 5.74) is 1.66. The molecule has 1 saturated carbocycles. The van der Waals surface area contributed by atoms with E-state index in [4.69, 9.17) is 5.11 Å². The maximum absolute atomic E-state index is 12.7. The Labute approximate surface area is 177 Å². The van der Waals surface area contributed by atoms with Crippen LogP contribution in [0.3, 0.4) is 0 Å². The third-order valence-corrected chi connectivity index (χ3v) is 5.44. The van der Waals surface area contributed by atoms with Crippen molar-refractivity contribution in [2.24, 2.45) is 0 Å². The number of nitrogens with zero attached hydrogens (tertiary/aromatic N) is 2. The molecule has 8 heteroatoms. The van der Waals surface area contributed by atoms with Crippen molar-refractivity contribution in [1.29, 1.82) is 0 Å². The van der Waals surface area contributed by atoms with E-state index in [2.05, 4.69) is 15.3 Å². The van der Waals surface area contributed by atoms with Crippen molar-refractivity contribution in [2.75, 3.05) is 0 Å². The van der Waals surface area contributed by atoms with Gasteiger partial charge in [0.1, 0.15) is 12.0 Å². The van der Waals surface area contributed by atoms with E-state index < -0.39 is 23.4 Å². The molecule has 0 saturated heterocycles. The number of amides is 1. The first kappa shape index (κ1) is 20.2. The Morgan fingerprint density at radius 1 is 0.935 bits per heavy atom. The van der Waals surface area contributed by atoms with Crippen molar-refractivity contribution in [1.82, 2.24) is 15.3 Å². The molecule has 1 aromatic heterocycles. The van der Waals surface area contributed by atoms with Gasteiger partial charge in [-0.3, -0.25) is 9.59 Å². The molecule has 3 aromatic rings. The molecule has 1 fully saturated rings. The van der Waals surface area contributed by atoms with Crippen molar-refractivity contribution in [3.8, 4) is 11.1 Å². The van der Waals surface area contributed by atoms with E-state index in [1.54, 1.807) is 0 Å². The molecular weight excluding hydrogens is 398 g/mol. The zero-order valence-corrected chi connectivity index (χ0v) is 16.4. The van der Waals surface area contributed by atoms with Crippen LogP contribution in [0.5, 0.6) is 0 Å². The number of hydrogen-bond acceptors (Lipinski definition) is 5. The number of aliphatic carboxylic acids is 1. The van der Waals surface area contributed by atoms with E-state index in [1.807, 2.05) is 54.6 Å². The zero-order valence-electron chi connectivity index (χ0n) is 16.4. The summed E-state index contributed by atoms with van der Waals surface area (Å²) in [5, 5.41) is 21.2. The predicted molar refractivity (Wildman–Crippen MR) is 111 cm³/mol. The van der Waals surface area contributed by atoms with Crippen LogP contribution in [0.15, 0.2) is 67.0 Å². The van der Waals surface area contributed by atoms with Crippen LogP contribution in [-0.2, 0) is 4.79 Å². The van der Waals surface area contributed by atoms with Gasteiger partial charge in [-0.1, -0.05) is 54.6 Å². The summed E-state index contributed by atoms with van der Waals surface area (Å²) in [4.78, 5) is 42.7. The van der Waals surface area contributed by atoms with Crippen molar-refractivity contribution in [2.45, 2.75) is 24.3 Å². The molecule has 0 bridgehead atoms. The van der Waals surface area contributed by atoms with Crippen LogP contribution in [0, 0.1) is 0 Å². The number of carboxylic acids is 2. The molecule has 1 unspecified atom stereocenters. The predicted octanol–water partition coefficient (Wildman–Crippen LogP) is 2.97. The Morgan fingerprint density at radius 2 is 1.58 bits per heavy atom. The third kappa shape index (κ3) is 4.28. The monoisotopic (exact) mass is 417 g/mol. The lowest BCUT2D eigenvalue weighted by Crippen LogP contribution is -2.40. The van der Waals surface area contributed by atoms with Gasteiger partial charge in [-0.25, -0.2) is 14.8 Å². The molecule has 2 atom stereocenters. The number of carbonyl (C=O) groups excluding carboxylic acids is 1. The molecular formula is C23H19N3O5. The molecule has 1 aliphatic carbocycles. The third-order valence-electron chi connectivity index (χ3n) is 5.44. The van der Waals surface area contributed by atoms with Crippen LogP contribution in [0.4, 0.5) is 0 Å². The largest absolute Gasteiger partial charge is 0.481 e. The Balaban J connectivity index is 1.55. The first-order chi connectivity index (χ1) is 14.9. The van der Waals surface area contributed by atoms with Gasteiger partial charge >= 0.3 is 11.9 Å². The highest BCUT2D eigenvalue weighted by molar-refractivity contribution is 5.96. The van der Waals surface area contributed by atoms with Crippen LogP contribution >= 0.6 is 0 Å². The Morgan fingerprint density at radius 3 is 2.23 bits per heavy atom. The van der Waals surface area contributed by atoms with Gasteiger partial charge in [0.15, 0.2) is 5.69 Å². The molecule has 3 N–H and O–H groups in total. The summed E-state index contributed by atoms with van der Waals surface area (Å²) < 4.78 is 0. The molecule has 1 heterocycles. The summed E-state index contributed by atoms with van der Waals surface area (Å²) in [7, 11) is 0. The minimum atomic E-state index is -1.28. The SMILES string of the molecule is O=C(O)CC1(NC(=O)c2cc(C(=O)O)ncn2)C[C@H]1c1ccc(-c2ccccc2)cc1. The number of carbonyl (C=O) groups is 3. The van der Waals surface area contributed by atoms with E-state index >= 15 is 0 Å². The van der Waals surface area contributed by atoms with E-state index in [9.17, 15) is 19.5 Å².